The number of carbonyl (C=O) groups is 1. The van der Waals surface area contributed by atoms with Crippen molar-refractivity contribution in [3.8, 4) is 0 Å². The van der Waals surface area contributed by atoms with Crippen molar-refractivity contribution in [2.24, 2.45) is 0 Å². The van der Waals surface area contributed by atoms with Crippen molar-refractivity contribution in [2.45, 2.75) is 13.0 Å². The van der Waals surface area contributed by atoms with E-state index in [1.54, 1.807) is 12.1 Å². The number of fused-ring (bicyclic) bond motifs is 1. The van der Waals surface area contributed by atoms with Gasteiger partial charge in [-0.05, 0) is 35.9 Å². The van der Waals surface area contributed by atoms with E-state index in [0.29, 0.717) is 36.0 Å². The van der Waals surface area contributed by atoms with Crippen LogP contribution in [0.25, 0.3) is 5.65 Å². The van der Waals surface area contributed by atoms with Gasteiger partial charge in [-0.1, -0.05) is 35.9 Å². The van der Waals surface area contributed by atoms with Gasteiger partial charge in [0.25, 0.3) is 11.6 Å². The summed E-state index contributed by atoms with van der Waals surface area (Å²) < 4.78 is 1.84. The number of benzene rings is 2. The Hall–Kier alpha value is -3.98. The maximum absolute atomic E-state index is 12.5. The van der Waals surface area contributed by atoms with Gasteiger partial charge < -0.3 is 10.6 Å². The zero-order valence-corrected chi connectivity index (χ0v) is 17.6. The van der Waals surface area contributed by atoms with Crippen LogP contribution >= 0.6 is 11.6 Å². The fourth-order valence-corrected chi connectivity index (χ4v) is 3.46. The van der Waals surface area contributed by atoms with Crippen molar-refractivity contribution in [3.63, 3.8) is 0 Å². The van der Waals surface area contributed by atoms with E-state index in [4.69, 9.17) is 11.6 Å². The first-order chi connectivity index (χ1) is 15.5. The molecule has 0 saturated heterocycles. The summed E-state index contributed by atoms with van der Waals surface area (Å²) in [5, 5.41) is 26.1. The molecule has 0 aliphatic heterocycles. The third-order valence-electron chi connectivity index (χ3n) is 4.90. The first kappa shape index (κ1) is 21.3. The summed E-state index contributed by atoms with van der Waals surface area (Å²) in [5.74, 6) is 0.311. The number of aromatic nitrogens is 3. The van der Waals surface area contributed by atoms with Gasteiger partial charge in [0.15, 0.2) is 5.65 Å². The first-order valence-electron chi connectivity index (χ1n) is 9.85. The lowest BCUT2D eigenvalue weighted by Crippen LogP contribution is -2.26. The molecular weight excluding hydrogens is 432 g/mol. The normalized spacial score (nSPS) is 10.8. The lowest BCUT2D eigenvalue weighted by atomic mass is 10.1. The third kappa shape index (κ3) is 4.68. The van der Waals surface area contributed by atoms with Crippen LogP contribution in [-0.4, -0.2) is 32.0 Å². The average molecular weight is 451 g/mol. The van der Waals surface area contributed by atoms with Crippen molar-refractivity contribution in [1.82, 2.24) is 19.9 Å². The Morgan fingerprint density at radius 1 is 1.09 bits per heavy atom. The fraction of sp³-hybridized carbons (Fsp3) is 0.136. The molecule has 4 rings (SSSR count). The molecule has 0 aliphatic rings. The summed E-state index contributed by atoms with van der Waals surface area (Å²) in [4.78, 5) is 23.6. The number of pyridine rings is 1. The third-order valence-corrected chi connectivity index (χ3v) is 5.27. The quantitative estimate of drug-likeness (QED) is 0.311. The maximum Gasteiger partial charge on any atom is 0.293 e. The molecule has 0 fully saturated rings. The van der Waals surface area contributed by atoms with Gasteiger partial charge in [-0.2, -0.15) is 0 Å². The molecule has 2 N–H and O–H groups in total. The Bertz CT molecular complexity index is 1290. The van der Waals surface area contributed by atoms with Gasteiger partial charge in [0.1, 0.15) is 11.5 Å². The van der Waals surface area contributed by atoms with Gasteiger partial charge in [-0.3, -0.25) is 19.3 Å². The Morgan fingerprint density at radius 3 is 2.72 bits per heavy atom. The summed E-state index contributed by atoms with van der Waals surface area (Å²) in [6.45, 7) is 0.632. The second kappa shape index (κ2) is 9.44. The lowest BCUT2D eigenvalue weighted by molar-refractivity contribution is -0.384. The smallest absolute Gasteiger partial charge is 0.293 e. The zero-order chi connectivity index (χ0) is 22.5. The van der Waals surface area contributed by atoms with Crippen LogP contribution in [0.2, 0.25) is 5.02 Å². The fourth-order valence-electron chi connectivity index (χ4n) is 3.26. The molecule has 0 aliphatic carbocycles. The summed E-state index contributed by atoms with van der Waals surface area (Å²) in [6.07, 6.45) is 2.32. The van der Waals surface area contributed by atoms with Crippen molar-refractivity contribution in [2.75, 3.05) is 11.9 Å². The summed E-state index contributed by atoms with van der Waals surface area (Å²) in [5.41, 5.74) is 1.86. The lowest BCUT2D eigenvalue weighted by Gasteiger charge is -2.10. The number of hydrogen-bond donors (Lipinski definition) is 2. The van der Waals surface area contributed by atoms with Crippen LogP contribution in [-0.2, 0) is 13.0 Å². The highest BCUT2D eigenvalue weighted by atomic mass is 35.5. The zero-order valence-electron chi connectivity index (χ0n) is 16.9. The minimum atomic E-state index is -0.520. The molecule has 0 bridgehead atoms. The van der Waals surface area contributed by atoms with Gasteiger partial charge in [0.05, 0.1) is 4.92 Å². The summed E-state index contributed by atoms with van der Waals surface area (Å²) in [7, 11) is 0. The molecule has 4 aromatic rings. The van der Waals surface area contributed by atoms with E-state index in [-0.39, 0.29) is 11.3 Å². The molecule has 162 valence electrons. The van der Waals surface area contributed by atoms with E-state index in [2.05, 4.69) is 20.8 Å². The van der Waals surface area contributed by atoms with E-state index in [1.807, 2.05) is 47.0 Å². The second-order valence-electron chi connectivity index (χ2n) is 6.98. The van der Waals surface area contributed by atoms with Gasteiger partial charge in [-0.15, -0.1) is 10.2 Å². The first-order valence-corrected chi connectivity index (χ1v) is 10.2. The predicted molar refractivity (Wildman–Crippen MR) is 121 cm³/mol. The molecule has 0 saturated carbocycles. The van der Waals surface area contributed by atoms with Crippen LogP contribution in [0.15, 0.2) is 66.9 Å². The molecule has 32 heavy (non-hydrogen) atoms. The molecule has 2 heterocycles. The number of nitro groups is 1. The van der Waals surface area contributed by atoms with E-state index in [9.17, 15) is 14.9 Å². The van der Waals surface area contributed by atoms with E-state index < -0.39 is 10.8 Å². The van der Waals surface area contributed by atoms with Crippen LogP contribution in [0.5, 0.6) is 0 Å². The Kier molecular flexibility index (Phi) is 6.27. The number of halogens is 1. The molecule has 2 aromatic heterocycles. The van der Waals surface area contributed by atoms with E-state index in [1.165, 1.54) is 12.1 Å². The van der Waals surface area contributed by atoms with Crippen LogP contribution in [0, 0.1) is 10.1 Å². The molecular formula is C22H19ClN6O3. The summed E-state index contributed by atoms with van der Waals surface area (Å²) in [6, 6.07) is 17.2. The van der Waals surface area contributed by atoms with Crippen molar-refractivity contribution >= 4 is 34.5 Å². The van der Waals surface area contributed by atoms with Crippen molar-refractivity contribution in [1.29, 1.82) is 0 Å². The van der Waals surface area contributed by atoms with Crippen LogP contribution in [0.3, 0.4) is 0 Å². The maximum atomic E-state index is 12.5. The molecule has 0 radical (unpaired) electrons. The molecule has 0 atom stereocenters. The SMILES string of the molecule is O=C(NCCc1nnc2ccccn12)c1ccc(NCc2ccccc2Cl)c([N+](=O)[O-])c1. The Morgan fingerprint density at radius 2 is 1.91 bits per heavy atom. The minimum absolute atomic E-state index is 0.187. The predicted octanol–water partition coefficient (Wildman–Crippen LogP) is 3.88. The minimum Gasteiger partial charge on any atom is -0.375 e. The number of carbonyl (C=O) groups excluding carboxylic acids is 1. The largest absolute Gasteiger partial charge is 0.375 e. The van der Waals surface area contributed by atoms with Crippen LogP contribution < -0.4 is 10.6 Å². The Labute approximate surface area is 188 Å². The van der Waals surface area contributed by atoms with Gasteiger partial charge in [0.2, 0.25) is 0 Å². The van der Waals surface area contributed by atoms with Crippen molar-refractivity contribution < 1.29 is 9.72 Å². The van der Waals surface area contributed by atoms with E-state index in [0.717, 1.165) is 11.2 Å². The van der Waals surface area contributed by atoms with Gasteiger partial charge >= 0.3 is 0 Å². The Balaban J connectivity index is 1.41. The highest BCUT2D eigenvalue weighted by Gasteiger charge is 2.18. The van der Waals surface area contributed by atoms with Gasteiger partial charge in [0, 0.05) is 42.4 Å². The van der Waals surface area contributed by atoms with Crippen LogP contribution in [0.1, 0.15) is 21.7 Å². The van der Waals surface area contributed by atoms with E-state index >= 15 is 0 Å². The number of nitro benzene ring substituents is 1. The number of nitrogens with zero attached hydrogens (tertiary/aromatic N) is 4. The topological polar surface area (TPSA) is 114 Å². The molecule has 0 spiro atoms. The summed E-state index contributed by atoms with van der Waals surface area (Å²) >= 11 is 6.14. The van der Waals surface area contributed by atoms with Crippen LogP contribution in [0.4, 0.5) is 11.4 Å². The molecule has 10 heteroatoms. The second-order valence-corrected chi connectivity index (χ2v) is 7.39. The molecule has 1 amide bonds. The average Bonchev–Trinajstić information content (AvgIpc) is 3.21. The standard InChI is InChI=1S/C22H19ClN6O3/c23-17-6-2-1-5-16(17)14-25-18-9-8-15(13-19(18)29(31)32)22(30)24-11-10-21-27-26-20-7-3-4-12-28(20)21/h1-9,12-13,25H,10-11,14H2,(H,24,30). The van der Waals surface area contributed by atoms with Gasteiger partial charge in [-0.25, -0.2) is 0 Å². The molecule has 2 aromatic carbocycles. The van der Waals surface area contributed by atoms with Crippen molar-refractivity contribution in [3.05, 3.63) is 98.9 Å². The molecule has 9 nitrogen and oxygen atoms in total. The number of hydrogen-bond acceptors (Lipinski definition) is 6. The number of rotatable bonds is 8. The highest BCUT2D eigenvalue weighted by molar-refractivity contribution is 6.31. The monoisotopic (exact) mass is 450 g/mol. The number of nitrogens with one attached hydrogen (secondary N) is 2. The number of anilines is 1. The molecule has 0 unspecified atom stereocenters. The highest BCUT2D eigenvalue weighted by Crippen LogP contribution is 2.27. The number of amides is 1.